The number of rotatable bonds is 4. The lowest BCUT2D eigenvalue weighted by atomic mass is 10.1. The topological polar surface area (TPSA) is 78.9 Å². The minimum absolute atomic E-state index is 0.0300. The Balaban J connectivity index is 1.78. The predicted octanol–water partition coefficient (Wildman–Crippen LogP) is 3.18. The highest BCUT2D eigenvalue weighted by atomic mass is 35.5. The van der Waals surface area contributed by atoms with E-state index >= 15 is 0 Å². The first-order valence-corrected chi connectivity index (χ1v) is 10.1. The normalized spacial score (nSPS) is 13.3. The van der Waals surface area contributed by atoms with Gasteiger partial charge in [-0.15, -0.1) is 0 Å². The van der Waals surface area contributed by atoms with Crippen LogP contribution in [-0.4, -0.2) is 33.9 Å². The van der Waals surface area contributed by atoms with Gasteiger partial charge in [0.1, 0.15) is 19.8 Å². The molecule has 0 aromatic heterocycles. The van der Waals surface area contributed by atoms with Crippen LogP contribution in [0.1, 0.15) is 21.5 Å². The predicted molar refractivity (Wildman–Crippen MR) is 95.9 cm³/mol. The van der Waals surface area contributed by atoms with Crippen LogP contribution in [-0.2, 0) is 21.2 Å². The van der Waals surface area contributed by atoms with E-state index in [1.54, 1.807) is 25.1 Å². The lowest BCUT2D eigenvalue weighted by molar-refractivity contribution is 0.0471. The fourth-order valence-corrected chi connectivity index (χ4v) is 3.46. The monoisotopic (exact) mass is 396 g/mol. The Bertz CT molecular complexity index is 968. The molecule has 2 aromatic carbocycles. The average molecular weight is 397 g/mol. The summed E-state index contributed by atoms with van der Waals surface area (Å²) in [6, 6.07) is 7.70. The van der Waals surface area contributed by atoms with Crippen molar-refractivity contribution >= 4 is 27.4 Å². The average Bonchev–Trinajstić information content (AvgIpc) is 2.59. The highest BCUT2D eigenvalue weighted by Crippen LogP contribution is 2.38. The maximum atomic E-state index is 12.4. The van der Waals surface area contributed by atoms with Crippen molar-refractivity contribution in [2.24, 2.45) is 0 Å². The summed E-state index contributed by atoms with van der Waals surface area (Å²) in [5.41, 5.74) is 1.48. The first-order valence-electron chi connectivity index (χ1n) is 7.81. The summed E-state index contributed by atoms with van der Waals surface area (Å²) in [6.07, 6.45) is 1.09. The van der Waals surface area contributed by atoms with Crippen molar-refractivity contribution in [2.45, 2.75) is 18.4 Å². The van der Waals surface area contributed by atoms with E-state index in [9.17, 15) is 13.2 Å². The molecule has 0 atom stereocenters. The molecule has 0 bridgehead atoms. The van der Waals surface area contributed by atoms with E-state index in [-0.39, 0.29) is 17.1 Å². The fourth-order valence-electron chi connectivity index (χ4n) is 2.53. The molecule has 8 heteroatoms. The fraction of sp³-hybridized carbons (Fsp3) is 0.278. The van der Waals surface area contributed by atoms with Gasteiger partial charge in [0.15, 0.2) is 21.3 Å². The van der Waals surface area contributed by atoms with Gasteiger partial charge >= 0.3 is 5.97 Å². The van der Waals surface area contributed by atoms with Gasteiger partial charge in [0.05, 0.1) is 15.5 Å². The van der Waals surface area contributed by atoms with Crippen LogP contribution in [0.15, 0.2) is 35.2 Å². The van der Waals surface area contributed by atoms with E-state index in [0.29, 0.717) is 40.9 Å². The highest BCUT2D eigenvalue weighted by Gasteiger charge is 2.19. The van der Waals surface area contributed by atoms with E-state index in [1.807, 2.05) is 0 Å². The van der Waals surface area contributed by atoms with Crippen LogP contribution in [0.25, 0.3) is 0 Å². The summed E-state index contributed by atoms with van der Waals surface area (Å²) in [5.74, 6) is 0.369. The molecule has 0 fully saturated rings. The summed E-state index contributed by atoms with van der Waals surface area (Å²) >= 11 is 6.16. The number of fused-ring (bicyclic) bond motifs is 1. The van der Waals surface area contributed by atoms with Crippen LogP contribution in [0.4, 0.5) is 0 Å². The number of aryl methyl sites for hydroxylation is 1. The third-order valence-corrected chi connectivity index (χ3v) is 5.27. The lowest BCUT2D eigenvalue weighted by Crippen LogP contribution is -2.16. The number of sulfone groups is 1. The molecule has 0 spiro atoms. The van der Waals surface area contributed by atoms with Crippen LogP contribution in [0.5, 0.6) is 11.5 Å². The number of benzene rings is 2. The number of hydrogen-bond acceptors (Lipinski definition) is 6. The zero-order valence-electron chi connectivity index (χ0n) is 14.2. The third-order valence-electron chi connectivity index (χ3n) is 3.88. The van der Waals surface area contributed by atoms with Gasteiger partial charge in [-0.1, -0.05) is 17.7 Å². The van der Waals surface area contributed by atoms with Crippen molar-refractivity contribution in [1.29, 1.82) is 0 Å². The number of carbonyl (C=O) groups excluding carboxylic acids is 1. The van der Waals surface area contributed by atoms with Crippen molar-refractivity contribution in [3.63, 3.8) is 0 Å². The standard InChI is InChI=1S/C18H17ClO6S/c1-11-3-4-13(26(2,21)22)9-14(11)18(20)25-10-12-7-15(19)17-16(8-12)23-5-6-24-17/h3-4,7-9H,5-6,10H2,1-2H3. The van der Waals surface area contributed by atoms with Gasteiger partial charge < -0.3 is 14.2 Å². The maximum absolute atomic E-state index is 12.4. The molecule has 0 radical (unpaired) electrons. The van der Waals surface area contributed by atoms with Gasteiger partial charge in [-0.05, 0) is 42.3 Å². The molecular weight excluding hydrogens is 380 g/mol. The Kier molecular flexibility index (Phi) is 5.11. The maximum Gasteiger partial charge on any atom is 0.338 e. The summed E-state index contributed by atoms with van der Waals surface area (Å²) in [5, 5.41) is 0.378. The van der Waals surface area contributed by atoms with Gasteiger partial charge in [-0.25, -0.2) is 13.2 Å². The van der Waals surface area contributed by atoms with Crippen molar-refractivity contribution in [1.82, 2.24) is 0 Å². The lowest BCUT2D eigenvalue weighted by Gasteiger charge is -2.20. The first kappa shape index (κ1) is 18.5. The molecule has 1 aliphatic rings. The van der Waals surface area contributed by atoms with Crippen molar-refractivity contribution < 1.29 is 27.4 Å². The zero-order valence-corrected chi connectivity index (χ0v) is 15.8. The summed E-state index contributed by atoms with van der Waals surface area (Å²) < 4.78 is 39.6. The molecule has 0 amide bonds. The van der Waals surface area contributed by atoms with Crippen LogP contribution < -0.4 is 9.47 Å². The van der Waals surface area contributed by atoms with Crippen LogP contribution in [0.2, 0.25) is 5.02 Å². The summed E-state index contributed by atoms with van der Waals surface area (Å²) in [4.78, 5) is 12.5. The molecule has 1 aliphatic heterocycles. The quantitative estimate of drug-likeness (QED) is 0.738. The molecule has 0 saturated heterocycles. The molecule has 138 valence electrons. The molecule has 0 saturated carbocycles. The number of hydrogen-bond donors (Lipinski definition) is 0. The van der Waals surface area contributed by atoms with Crippen molar-refractivity contribution in [2.75, 3.05) is 19.5 Å². The first-order chi connectivity index (χ1) is 12.3. The summed E-state index contributed by atoms with van der Waals surface area (Å²) in [7, 11) is -3.41. The number of esters is 1. The van der Waals surface area contributed by atoms with Crippen molar-refractivity contribution in [3.05, 3.63) is 52.0 Å². The molecule has 3 rings (SSSR count). The smallest absolute Gasteiger partial charge is 0.338 e. The second kappa shape index (κ2) is 7.17. The molecule has 0 N–H and O–H groups in total. The minimum atomic E-state index is -3.41. The Hall–Kier alpha value is -2.25. The Morgan fingerprint density at radius 2 is 1.92 bits per heavy atom. The number of halogens is 1. The van der Waals surface area contributed by atoms with Gasteiger partial charge in [-0.2, -0.15) is 0 Å². The van der Waals surface area contributed by atoms with E-state index in [4.69, 9.17) is 25.8 Å². The SMILES string of the molecule is Cc1ccc(S(C)(=O)=O)cc1C(=O)OCc1cc(Cl)c2c(c1)OCCO2. The third kappa shape index (κ3) is 3.94. The van der Waals surface area contributed by atoms with Gasteiger partial charge in [0.2, 0.25) is 0 Å². The number of carbonyl (C=O) groups is 1. The largest absolute Gasteiger partial charge is 0.486 e. The molecule has 0 unspecified atom stereocenters. The van der Waals surface area contributed by atoms with Gasteiger partial charge in [0.25, 0.3) is 0 Å². The van der Waals surface area contributed by atoms with Crippen LogP contribution in [0, 0.1) is 6.92 Å². The molecular formula is C18H17ClO6S. The molecule has 6 nitrogen and oxygen atoms in total. The van der Waals surface area contributed by atoms with Gasteiger partial charge in [0, 0.05) is 6.26 Å². The summed E-state index contributed by atoms with van der Waals surface area (Å²) in [6.45, 7) is 2.53. The zero-order chi connectivity index (χ0) is 18.9. The van der Waals surface area contributed by atoms with Crippen LogP contribution in [0.3, 0.4) is 0 Å². The Morgan fingerprint density at radius 1 is 1.19 bits per heavy atom. The minimum Gasteiger partial charge on any atom is -0.486 e. The highest BCUT2D eigenvalue weighted by molar-refractivity contribution is 7.90. The molecule has 0 aliphatic carbocycles. The van der Waals surface area contributed by atoms with Crippen LogP contribution >= 0.6 is 11.6 Å². The van der Waals surface area contributed by atoms with E-state index in [1.165, 1.54) is 12.1 Å². The van der Waals surface area contributed by atoms with E-state index in [2.05, 4.69) is 0 Å². The second-order valence-electron chi connectivity index (χ2n) is 5.93. The van der Waals surface area contributed by atoms with Gasteiger partial charge in [-0.3, -0.25) is 0 Å². The van der Waals surface area contributed by atoms with E-state index in [0.717, 1.165) is 6.26 Å². The molecule has 1 heterocycles. The van der Waals surface area contributed by atoms with Crippen molar-refractivity contribution in [3.8, 4) is 11.5 Å². The Labute approximate surface area is 156 Å². The Morgan fingerprint density at radius 3 is 2.65 bits per heavy atom. The number of ether oxygens (including phenoxy) is 3. The molecule has 26 heavy (non-hydrogen) atoms. The second-order valence-corrected chi connectivity index (χ2v) is 8.35. The van der Waals surface area contributed by atoms with E-state index < -0.39 is 15.8 Å². The molecule has 2 aromatic rings.